The quantitative estimate of drug-likeness (QED) is 0.116. The third-order valence-electron chi connectivity index (χ3n) is 16.1. The predicted molar refractivity (Wildman–Crippen MR) is 252 cm³/mol. The van der Waals surface area contributed by atoms with E-state index in [9.17, 15) is 34.5 Å². The number of esters is 5. The Morgan fingerprint density at radius 1 is 0.652 bits per heavy atom. The molecule has 2 aliphatic heterocycles. The van der Waals surface area contributed by atoms with Crippen LogP contribution in [0.5, 0.6) is 0 Å². The van der Waals surface area contributed by atoms with Gasteiger partial charge in [0, 0.05) is 38.5 Å². The number of cyclic esters (lactones) is 1. The number of hydrogen-bond donors (Lipinski definition) is 3. The Kier molecular flexibility index (Phi) is 17.2. The summed E-state index contributed by atoms with van der Waals surface area (Å²) in [7, 11) is 0. The Bertz CT molecular complexity index is 1790. The van der Waals surface area contributed by atoms with E-state index in [0.717, 1.165) is 12.8 Å². The molecular formula is C52H92O14. The largest absolute Gasteiger partial charge is 0.458 e. The van der Waals surface area contributed by atoms with Gasteiger partial charge in [-0.1, -0.05) is 51.5 Å². The minimum atomic E-state index is -1.51. The Balaban J connectivity index is 0.00000249. The molecule has 2 heterocycles. The van der Waals surface area contributed by atoms with E-state index < -0.39 is 97.5 Å². The van der Waals surface area contributed by atoms with Crippen LogP contribution in [0.1, 0.15) is 215 Å². The second-order valence-corrected chi connectivity index (χ2v) is 23.2. The summed E-state index contributed by atoms with van der Waals surface area (Å²) in [6.07, 6.45) is 5.17. The number of carbonyl (C=O) groups excluding carboxylic acids is 5. The first kappa shape index (κ1) is 59.3. The van der Waals surface area contributed by atoms with Crippen molar-refractivity contribution >= 4 is 29.8 Å². The molecule has 10 unspecified atom stereocenters. The summed E-state index contributed by atoms with van der Waals surface area (Å²) in [5, 5.41) is 35.0. The lowest BCUT2D eigenvalue weighted by Crippen LogP contribution is -2.67. The molecule has 2 saturated heterocycles. The number of rotatable bonds is 13. The van der Waals surface area contributed by atoms with Crippen LogP contribution >= 0.6 is 0 Å². The molecule has 10 atom stereocenters. The molecule has 8 bridgehead atoms. The van der Waals surface area contributed by atoms with Crippen LogP contribution in [0.3, 0.4) is 0 Å². The van der Waals surface area contributed by atoms with E-state index in [1.807, 2.05) is 6.92 Å². The zero-order valence-electron chi connectivity index (χ0n) is 36.8. The molecule has 10 fully saturated rings. The van der Waals surface area contributed by atoms with Crippen molar-refractivity contribution in [1.29, 1.82) is 0 Å². The smallest absolute Gasteiger partial charge is 0.314 e. The molecule has 8 saturated carbocycles. The number of aliphatic hydroxyl groups is 3. The normalized spacial score (nSPS) is 39.2. The molecule has 0 aromatic rings. The van der Waals surface area contributed by atoms with Crippen molar-refractivity contribution in [2.75, 3.05) is 6.61 Å². The minimum Gasteiger partial charge on any atom is -0.458 e. The number of ether oxygens (including phenoxy) is 6. The Hall–Kier alpha value is -2.81. The van der Waals surface area contributed by atoms with Gasteiger partial charge in [-0.25, -0.2) is 0 Å². The standard InChI is InChI=1S/C46H68O14.6CH4/c1-8-39(6,34(49)59-45-18-28-14-41(23-45,22-42(52,15-28)25-45)36(51)57-32-11-9-10-12-55-32)21-40(7,20-37(2,3)33(48)56-30-13-31(47)58-38(30,4)5)35(50)60-46-19-29-16-43(53,26-46)24-44(54,17-29)27-46;;;;;;/h28-30,32,52-54H,8-27H2,1-7H3;6*1H4. The fraction of sp³-hybridized carbons (Fsp3) is 0.904. The van der Waals surface area contributed by atoms with Gasteiger partial charge in [0.2, 0.25) is 6.29 Å². The Labute approximate surface area is 397 Å². The third-order valence-corrected chi connectivity index (χ3v) is 16.1. The second-order valence-electron chi connectivity index (χ2n) is 23.2. The summed E-state index contributed by atoms with van der Waals surface area (Å²) in [6.45, 7) is 12.5. The molecule has 0 spiro atoms. The van der Waals surface area contributed by atoms with Crippen molar-refractivity contribution in [3.63, 3.8) is 0 Å². The molecule has 8 aliphatic carbocycles. The lowest BCUT2D eigenvalue weighted by molar-refractivity contribution is -0.265. The summed E-state index contributed by atoms with van der Waals surface area (Å²) in [6, 6.07) is 0. The molecule has 10 rings (SSSR count). The van der Waals surface area contributed by atoms with Gasteiger partial charge in [0.25, 0.3) is 0 Å². The average molecular weight is 941 g/mol. The molecular weight excluding hydrogens is 849 g/mol. The summed E-state index contributed by atoms with van der Waals surface area (Å²) in [4.78, 5) is 70.2. The van der Waals surface area contributed by atoms with Crippen LogP contribution in [0.15, 0.2) is 0 Å². The molecule has 66 heavy (non-hydrogen) atoms. The first-order chi connectivity index (χ1) is 27.7. The molecule has 384 valence electrons. The van der Waals surface area contributed by atoms with E-state index in [0.29, 0.717) is 51.6 Å². The fourth-order valence-corrected chi connectivity index (χ4v) is 14.4. The summed E-state index contributed by atoms with van der Waals surface area (Å²) in [5.74, 6) is -2.85. The van der Waals surface area contributed by atoms with Crippen molar-refractivity contribution in [2.24, 2.45) is 33.5 Å². The topological polar surface area (TPSA) is 201 Å². The van der Waals surface area contributed by atoms with Crippen molar-refractivity contribution in [1.82, 2.24) is 0 Å². The van der Waals surface area contributed by atoms with Crippen LogP contribution in [0, 0.1) is 33.5 Å². The van der Waals surface area contributed by atoms with E-state index in [2.05, 4.69) is 0 Å². The lowest BCUT2D eigenvalue weighted by atomic mass is 9.46. The molecule has 0 aromatic heterocycles. The van der Waals surface area contributed by atoms with E-state index in [4.69, 9.17) is 28.4 Å². The molecule has 3 N–H and O–H groups in total. The fourth-order valence-electron chi connectivity index (χ4n) is 14.4. The first-order valence-electron chi connectivity index (χ1n) is 22.6. The van der Waals surface area contributed by atoms with Crippen LogP contribution in [-0.2, 0) is 52.4 Å². The van der Waals surface area contributed by atoms with Crippen LogP contribution in [0.25, 0.3) is 0 Å². The monoisotopic (exact) mass is 941 g/mol. The maximum atomic E-state index is 15.0. The highest BCUT2D eigenvalue weighted by Gasteiger charge is 2.69. The van der Waals surface area contributed by atoms with Crippen molar-refractivity contribution in [3.8, 4) is 0 Å². The highest BCUT2D eigenvalue weighted by atomic mass is 16.7. The van der Waals surface area contributed by atoms with Gasteiger partial charge in [-0.05, 0) is 130 Å². The van der Waals surface area contributed by atoms with E-state index >= 15 is 4.79 Å². The number of carbonyl (C=O) groups is 5. The Morgan fingerprint density at radius 3 is 1.64 bits per heavy atom. The zero-order valence-corrected chi connectivity index (χ0v) is 36.8. The maximum absolute atomic E-state index is 15.0. The van der Waals surface area contributed by atoms with Gasteiger partial charge in [0.1, 0.15) is 16.8 Å². The van der Waals surface area contributed by atoms with Gasteiger partial charge < -0.3 is 43.7 Å². The highest BCUT2D eigenvalue weighted by Crippen LogP contribution is 2.66. The summed E-state index contributed by atoms with van der Waals surface area (Å²) < 4.78 is 36.2. The van der Waals surface area contributed by atoms with Gasteiger partial charge in [-0.15, -0.1) is 0 Å². The molecule has 0 radical (unpaired) electrons. The third kappa shape index (κ3) is 10.8. The van der Waals surface area contributed by atoms with E-state index in [1.165, 1.54) is 0 Å². The van der Waals surface area contributed by atoms with E-state index in [-0.39, 0.29) is 121 Å². The van der Waals surface area contributed by atoms with Gasteiger partial charge in [0.15, 0.2) is 6.10 Å². The molecule has 10 aliphatic rings. The van der Waals surface area contributed by atoms with Gasteiger partial charge in [-0.2, -0.15) is 0 Å². The highest BCUT2D eigenvalue weighted by molar-refractivity contribution is 5.84. The van der Waals surface area contributed by atoms with Gasteiger partial charge in [0.05, 0.1) is 51.5 Å². The SMILES string of the molecule is C.C.C.C.C.C.CCC(C)(CC(C)(CC(C)(C)C(=O)OC1CC(=O)OC1(C)C)C(=O)OC12CC3CC(O)(CC(O)(C3)C1)C2)C(=O)OC12CC3CC(O)(C1)CC(C(=O)OC1CCCCO1)(C3)C2. The number of hydrogen-bond acceptors (Lipinski definition) is 14. The first-order valence-corrected chi connectivity index (χ1v) is 22.6. The second kappa shape index (κ2) is 19.2. The lowest BCUT2D eigenvalue weighted by Gasteiger charge is -2.63. The molecule has 0 amide bonds. The van der Waals surface area contributed by atoms with Gasteiger partial charge >= 0.3 is 29.8 Å². The maximum Gasteiger partial charge on any atom is 0.314 e. The summed E-state index contributed by atoms with van der Waals surface area (Å²) in [5.41, 5.74) is -12.0. The zero-order chi connectivity index (χ0) is 43.6. The molecule has 14 heteroatoms. The van der Waals surface area contributed by atoms with Crippen LogP contribution in [0.4, 0.5) is 0 Å². The average Bonchev–Trinajstić information content (AvgIpc) is 3.34. The minimum absolute atomic E-state index is 0. The molecule has 14 nitrogen and oxygen atoms in total. The van der Waals surface area contributed by atoms with Crippen molar-refractivity contribution < 1.29 is 67.7 Å². The Morgan fingerprint density at radius 2 is 1.17 bits per heavy atom. The predicted octanol–water partition coefficient (Wildman–Crippen LogP) is 9.48. The van der Waals surface area contributed by atoms with E-state index in [1.54, 1.807) is 41.5 Å². The van der Waals surface area contributed by atoms with Gasteiger partial charge in [-0.3, -0.25) is 24.0 Å². The van der Waals surface area contributed by atoms with Crippen molar-refractivity contribution in [3.05, 3.63) is 0 Å². The van der Waals surface area contributed by atoms with Crippen LogP contribution in [0.2, 0.25) is 0 Å². The summed E-state index contributed by atoms with van der Waals surface area (Å²) >= 11 is 0. The van der Waals surface area contributed by atoms with Crippen molar-refractivity contribution in [2.45, 2.75) is 261 Å². The van der Waals surface area contributed by atoms with Crippen LogP contribution in [-0.4, -0.2) is 97.8 Å². The molecule has 0 aromatic carbocycles. The van der Waals surface area contributed by atoms with Crippen LogP contribution < -0.4 is 0 Å².